The normalized spacial score (nSPS) is 23.9. The predicted octanol–water partition coefficient (Wildman–Crippen LogP) is 2.43. The Balaban J connectivity index is 1.62. The van der Waals surface area contributed by atoms with Gasteiger partial charge in [0.15, 0.2) is 0 Å². The fourth-order valence-electron chi connectivity index (χ4n) is 3.56. The summed E-state index contributed by atoms with van der Waals surface area (Å²) in [6.07, 6.45) is 7.92. The van der Waals surface area contributed by atoms with E-state index in [1.54, 1.807) is 7.11 Å². The van der Waals surface area contributed by atoms with Gasteiger partial charge in [0.25, 0.3) is 0 Å². The smallest absolute Gasteiger partial charge is 0.316 e. The zero-order chi connectivity index (χ0) is 16.2. The van der Waals surface area contributed by atoms with Gasteiger partial charge in [-0.05, 0) is 44.2 Å². The molecule has 1 aliphatic carbocycles. The van der Waals surface area contributed by atoms with Crippen LogP contribution in [0.3, 0.4) is 0 Å². The molecule has 2 aliphatic rings. The summed E-state index contributed by atoms with van der Waals surface area (Å²) in [5.41, 5.74) is 1.17. The monoisotopic (exact) mass is 318 g/mol. The summed E-state index contributed by atoms with van der Waals surface area (Å²) in [5, 5.41) is 0. The third kappa shape index (κ3) is 4.64. The highest BCUT2D eigenvalue weighted by molar-refractivity contribution is 5.07. The Morgan fingerprint density at radius 1 is 1.22 bits per heavy atom. The SMILES string of the molecule is COc1ncc(CN2CCCN(CC3CC3)C(C(C)C)C2)cn1. The molecule has 5 nitrogen and oxygen atoms in total. The molecule has 0 bridgehead atoms. The van der Waals surface area contributed by atoms with Crippen molar-refractivity contribution >= 4 is 0 Å². The lowest BCUT2D eigenvalue weighted by atomic mass is 10.0. The molecule has 0 aromatic carbocycles. The second-order valence-electron chi connectivity index (χ2n) is 7.42. The molecule has 1 saturated carbocycles. The topological polar surface area (TPSA) is 41.5 Å². The molecule has 2 heterocycles. The minimum absolute atomic E-state index is 0.445. The quantitative estimate of drug-likeness (QED) is 0.806. The van der Waals surface area contributed by atoms with Crippen LogP contribution in [0.4, 0.5) is 0 Å². The number of ether oxygens (including phenoxy) is 1. The van der Waals surface area contributed by atoms with Gasteiger partial charge in [0.05, 0.1) is 7.11 Å². The Labute approximate surface area is 140 Å². The van der Waals surface area contributed by atoms with Gasteiger partial charge in [0.1, 0.15) is 0 Å². The molecule has 2 fully saturated rings. The molecule has 128 valence electrons. The van der Waals surface area contributed by atoms with E-state index in [4.69, 9.17) is 4.74 Å². The number of aromatic nitrogens is 2. The summed E-state index contributed by atoms with van der Waals surface area (Å²) in [5.74, 6) is 1.67. The number of hydrogen-bond acceptors (Lipinski definition) is 5. The van der Waals surface area contributed by atoms with Crippen molar-refractivity contribution in [3.63, 3.8) is 0 Å². The molecule has 0 spiro atoms. The van der Waals surface area contributed by atoms with Gasteiger partial charge >= 0.3 is 6.01 Å². The van der Waals surface area contributed by atoms with Gasteiger partial charge in [-0.2, -0.15) is 0 Å². The predicted molar refractivity (Wildman–Crippen MR) is 91.4 cm³/mol. The molecular formula is C18H30N4O. The molecule has 1 unspecified atom stereocenters. The van der Waals surface area contributed by atoms with E-state index in [2.05, 4.69) is 33.6 Å². The summed E-state index contributed by atoms with van der Waals surface area (Å²) in [6, 6.07) is 1.11. The molecule has 0 N–H and O–H groups in total. The van der Waals surface area contributed by atoms with Gasteiger partial charge in [-0.3, -0.25) is 9.80 Å². The average molecular weight is 318 g/mol. The first-order chi connectivity index (χ1) is 11.2. The summed E-state index contributed by atoms with van der Waals surface area (Å²) < 4.78 is 5.04. The zero-order valence-corrected chi connectivity index (χ0v) is 14.7. The average Bonchev–Trinajstić information content (AvgIpc) is 3.37. The van der Waals surface area contributed by atoms with Crippen molar-refractivity contribution < 1.29 is 4.74 Å². The third-order valence-corrected chi connectivity index (χ3v) is 5.06. The first kappa shape index (κ1) is 16.7. The molecule has 1 atom stereocenters. The molecule has 1 aliphatic heterocycles. The minimum atomic E-state index is 0.445. The van der Waals surface area contributed by atoms with E-state index in [1.165, 1.54) is 37.9 Å². The Morgan fingerprint density at radius 3 is 2.57 bits per heavy atom. The fraction of sp³-hybridized carbons (Fsp3) is 0.778. The van der Waals surface area contributed by atoms with Gasteiger partial charge in [-0.15, -0.1) is 0 Å². The molecule has 0 radical (unpaired) electrons. The maximum Gasteiger partial charge on any atom is 0.316 e. The largest absolute Gasteiger partial charge is 0.467 e. The number of methoxy groups -OCH3 is 1. The Kier molecular flexibility index (Phi) is 5.49. The number of hydrogen-bond donors (Lipinski definition) is 0. The van der Waals surface area contributed by atoms with Crippen molar-refractivity contribution in [2.75, 3.05) is 33.3 Å². The highest BCUT2D eigenvalue weighted by atomic mass is 16.5. The van der Waals surface area contributed by atoms with E-state index in [1.807, 2.05) is 12.4 Å². The molecule has 5 heteroatoms. The van der Waals surface area contributed by atoms with Gasteiger partial charge in [0, 0.05) is 43.6 Å². The van der Waals surface area contributed by atoms with E-state index < -0.39 is 0 Å². The Bertz CT molecular complexity index is 486. The van der Waals surface area contributed by atoms with Crippen LogP contribution in [-0.2, 0) is 6.54 Å². The van der Waals surface area contributed by atoms with Crippen LogP contribution in [0.5, 0.6) is 6.01 Å². The molecular weight excluding hydrogens is 288 g/mol. The molecule has 1 saturated heterocycles. The van der Waals surface area contributed by atoms with Crippen molar-refractivity contribution in [1.29, 1.82) is 0 Å². The summed E-state index contributed by atoms with van der Waals surface area (Å²) in [7, 11) is 1.60. The first-order valence-electron chi connectivity index (χ1n) is 8.97. The van der Waals surface area contributed by atoms with Crippen molar-refractivity contribution in [2.45, 2.75) is 45.7 Å². The zero-order valence-electron chi connectivity index (χ0n) is 14.7. The summed E-state index contributed by atoms with van der Waals surface area (Å²) >= 11 is 0. The van der Waals surface area contributed by atoms with Crippen LogP contribution in [0.15, 0.2) is 12.4 Å². The van der Waals surface area contributed by atoms with Crippen molar-refractivity contribution in [1.82, 2.24) is 19.8 Å². The van der Waals surface area contributed by atoms with Crippen LogP contribution < -0.4 is 4.74 Å². The second kappa shape index (κ2) is 7.58. The van der Waals surface area contributed by atoms with Gasteiger partial charge in [0.2, 0.25) is 0 Å². The highest BCUT2D eigenvalue weighted by Crippen LogP contribution is 2.32. The maximum atomic E-state index is 5.04. The molecule has 1 aromatic rings. The van der Waals surface area contributed by atoms with Crippen LogP contribution in [0.1, 0.15) is 38.7 Å². The van der Waals surface area contributed by atoms with Crippen LogP contribution in [0.2, 0.25) is 0 Å². The number of nitrogens with zero attached hydrogens (tertiary/aromatic N) is 4. The van der Waals surface area contributed by atoms with E-state index in [9.17, 15) is 0 Å². The molecule has 23 heavy (non-hydrogen) atoms. The molecule has 0 amide bonds. The standard InChI is InChI=1S/C18H30N4O/c1-14(2)17-13-21(7-4-8-22(17)12-15-5-6-15)11-16-9-19-18(23-3)20-10-16/h9-10,14-15,17H,4-8,11-13H2,1-3H3. The lowest BCUT2D eigenvalue weighted by molar-refractivity contribution is 0.131. The highest BCUT2D eigenvalue weighted by Gasteiger charge is 2.32. The third-order valence-electron chi connectivity index (χ3n) is 5.06. The maximum absolute atomic E-state index is 5.04. The van der Waals surface area contributed by atoms with Crippen LogP contribution >= 0.6 is 0 Å². The van der Waals surface area contributed by atoms with Crippen molar-refractivity contribution in [3.8, 4) is 6.01 Å². The summed E-state index contributed by atoms with van der Waals surface area (Å²) in [6.45, 7) is 10.5. The lowest BCUT2D eigenvalue weighted by Crippen LogP contribution is -2.45. The second-order valence-corrected chi connectivity index (χ2v) is 7.42. The van der Waals surface area contributed by atoms with Gasteiger partial charge in [-0.25, -0.2) is 9.97 Å². The van der Waals surface area contributed by atoms with E-state index >= 15 is 0 Å². The van der Waals surface area contributed by atoms with Gasteiger partial charge in [-0.1, -0.05) is 13.8 Å². The van der Waals surface area contributed by atoms with Crippen LogP contribution in [-0.4, -0.2) is 59.1 Å². The van der Waals surface area contributed by atoms with E-state index in [-0.39, 0.29) is 0 Å². The number of rotatable bonds is 6. The van der Waals surface area contributed by atoms with E-state index in [0.717, 1.165) is 25.6 Å². The molecule has 3 rings (SSSR count). The fourth-order valence-corrected chi connectivity index (χ4v) is 3.56. The summed E-state index contributed by atoms with van der Waals surface area (Å²) in [4.78, 5) is 13.8. The van der Waals surface area contributed by atoms with Crippen LogP contribution in [0, 0.1) is 11.8 Å². The lowest BCUT2D eigenvalue weighted by Gasteiger charge is -2.34. The Morgan fingerprint density at radius 2 is 1.96 bits per heavy atom. The Hall–Kier alpha value is -1.20. The van der Waals surface area contributed by atoms with E-state index in [0.29, 0.717) is 18.0 Å². The minimum Gasteiger partial charge on any atom is -0.467 e. The van der Waals surface area contributed by atoms with Crippen molar-refractivity contribution in [2.24, 2.45) is 11.8 Å². The van der Waals surface area contributed by atoms with Crippen molar-refractivity contribution in [3.05, 3.63) is 18.0 Å². The van der Waals surface area contributed by atoms with Gasteiger partial charge < -0.3 is 4.74 Å². The van der Waals surface area contributed by atoms with Crippen LogP contribution in [0.25, 0.3) is 0 Å². The molecule has 1 aromatic heterocycles. The first-order valence-corrected chi connectivity index (χ1v) is 8.97.